The lowest BCUT2D eigenvalue weighted by atomic mass is 10.2. The van der Waals surface area contributed by atoms with Gasteiger partial charge in [-0.2, -0.15) is 0 Å². The maximum absolute atomic E-state index is 13.7. The molecule has 4 heteroatoms. The summed E-state index contributed by atoms with van der Waals surface area (Å²) in [7, 11) is -3.65. The molecule has 0 aromatic heterocycles. The number of sulfone groups is 1. The molecule has 0 amide bonds. The van der Waals surface area contributed by atoms with Crippen LogP contribution in [0.2, 0.25) is 0 Å². The molecule has 0 saturated carbocycles. The number of hydrogen-bond acceptors (Lipinski definition) is 2. The van der Waals surface area contributed by atoms with Gasteiger partial charge < -0.3 is 0 Å². The van der Waals surface area contributed by atoms with Crippen LogP contribution in [0.25, 0.3) is 0 Å². The van der Waals surface area contributed by atoms with Crippen LogP contribution in [0.1, 0.15) is 5.56 Å². The Morgan fingerprint density at radius 1 is 0.567 bits per heavy atom. The highest BCUT2D eigenvalue weighted by Gasteiger charge is 2.28. The number of hydrogen-bond donors (Lipinski definition) is 0. The van der Waals surface area contributed by atoms with E-state index in [-0.39, 0.29) is 0 Å². The fourth-order valence-electron chi connectivity index (χ4n) is 3.62. The van der Waals surface area contributed by atoms with Crippen molar-refractivity contribution in [3.8, 4) is 0 Å². The van der Waals surface area contributed by atoms with Gasteiger partial charge in [0.1, 0.15) is 0 Å². The first kappa shape index (κ1) is 20.4. The molecule has 150 valence electrons. The standard InChI is InChI=1S/C26H23O2PS/c1-22-17-19-26(20-18-22)30(27,28)21-29(23-11-5-2-6-12-23,24-13-7-3-8-14-24)25-15-9-4-10-16-25/h2-21H,1H3. The van der Waals surface area contributed by atoms with Crippen LogP contribution in [0.4, 0.5) is 0 Å². The summed E-state index contributed by atoms with van der Waals surface area (Å²) in [5, 5.41) is 4.65. The van der Waals surface area contributed by atoms with E-state index < -0.39 is 16.7 Å². The van der Waals surface area contributed by atoms with Crippen molar-refractivity contribution in [3.05, 3.63) is 121 Å². The smallest absolute Gasteiger partial charge is 0.200 e. The third-order valence-corrected chi connectivity index (χ3v) is 11.8. The van der Waals surface area contributed by atoms with Crippen LogP contribution in [0, 0.1) is 6.92 Å². The van der Waals surface area contributed by atoms with Gasteiger partial charge in [0.2, 0.25) is 9.84 Å². The summed E-state index contributed by atoms with van der Waals surface area (Å²) in [5.74, 6) is 0. The third-order valence-electron chi connectivity index (χ3n) is 5.14. The number of aryl methyl sites for hydroxylation is 1. The largest absolute Gasteiger partial charge is 0.219 e. The molecule has 0 bridgehead atoms. The van der Waals surface area contributed by atoms with Gasteiger partial charge >= 0.3 is 0 Å². The number of rotatable bonds is 5. The summed E-state index contributed by atoms with van der Waals surface area (Å²) in [6.07, 6.45) is 0. The number of benzene rings is 4. The highest BCUT2D eigenvalue weighted by atomic mass is 32.2. The Bertz CT molecular complexity index is 1180. The highest BCUT2D eigenvalue weighted by Crippen LogP contribution is 2.44. The summed E-state index contributed by atoms with van der Waals surface area (Å²) in [6, 6.07) is 37.0. The Labute approximate surface area is 178 Å². The minimum atomic E-state index is -3.65. The molecule has 0 unspecified atom stereocenters. The molecule has 4 rings (SSSR count). The average molecular weight is 431 g/mol. The van der Waals surface area contributed by atoms with Crippen molar-refractivity contribution in [1.82, 2.24) is 0 Å². The molecule has 0 atom stereocenters. The normalized spacial score (nSPS) is 11.8. The first-order chi connectivity index (χ1) is 14.5. The lowest BCUT2D eigenvalue weighted by Gasteiger charge is -2.28. The van der Waals surface area contributed by atoms with Crippen molar-refractivity contribution in [2.24, 2.45) is 0 Å². The molecule has 0 aliphatic rings. The van der Waals surface area contributed by atoms with E-state index in [9.17, 15) is 8.42 Å². The second-order valence-corrected chi connectivity index (χ2v) is 12.6. The Kier molecular flexibility index (Phi) is 5.76. The molecule has 4 aromatic rings. The molecule has 0 aliphatic carbocycles. The third kappa shape index (κ3) is 3.92. The van der Waals surface area contributed by atoms with E-state index in [1.165, 1.54) is 0 Å². The molecule has 0 saturated heterocycles. The minimum Gasteiger partial charge on any atom is -0.219 e. The zero-order chi connectivity index (χ0) is 21.0. The molecule has 0 N–H and O–H groups in total. The second kappa shape index (κ2) is 8.47. The van der Waals surface area contributed by atoms with Gasteiger partial charge in [0.25, 0.3) is 0 Å². The van der Waals surface area contributed by atoms with Gasteiger partial charge in [-0.3, -0.25) is 0 Å². The fourth-order valence-corrected chi connectivity index (χ4v) is 10.6. The van der Waals surface area contributed by atoms with Crippen LogP contribution in [0.15, 0.2) is 120 Å². The molecule has 0 fully saturated rings. The lowest BCUT2D eigenvalue weighted by molar-refractivity contribution is 0.608. The fraction of sp³-hybridized carbons (Fsp3) is 0.0385. The quantitative estimate of drug-likeness (QED) is 0.436. The van der Waals surface area contributed by atoms with Gasteiger partial charge in [-0.1, -0.05) is 109 Å². The maximum atomic E-state index is 13.7. The highest BCUT2D eigenvalue weighted by molar-refractivity contribution is 8.17. The SMILES string of the molecule is Cc1ccc(S(=O)(=O)C=P(c2ccccc2)(c2ccccc2)c2ccccc2)cc1. The van der Waals surface area contributed by atoms with E-state index in [0.717, 1.165) is 21.5 Å². The molecule has 0 spiro atoms. The predicted molar refractivity (Wildman–Crippen MR) is 130 cm³/mol. The van der Waals surface area contributed by atoms with Crippen molar-refractivity contribution in [2.75, 3.05) is 0 Å². The molecule has 0 radical (unpaired) electrons. The topological polar surface area (TPSA) is 34.1 Å². The Morgan fingerprint density at radius 2 is 0.933 bits per heavy atom. The molecule has 4 aromatic carbocycles. The van der Waals surface area contributed by atoms with Crippen LogP contribution in [0.5, 0.6) is 0 Å². The summed E-state index contributed by atoms with van der Waals surface area (Å²) in [5.41, 5.74) is 1.03. The van der Waals surface area contributed by atoms with E-state index >= 15 is 0 Å². The van der Waals surface area contributed by atoms with Crippen LogP contribution in [-0.4, -0.2) is 13.5 Å². The first-order valence-corrected chi connectivity index (χ1v) is 13.2. The zero-order valence-electron chi connectivity index (χ0n) is 16.7. The van der Waals surface area contributed by atoms with Crippen molar-refractivity contribution >= 4 is 37.8 Å². The van der Waals surface area contributed by atoms with Gasteiger partial charge in [-0.05, 0) is 41.9 Å². The van der Waals surface area contributed by atoms with Crippen LogP contribution in [-0.2, 0) is 9.84 Å². The first-order valence-electron chi connectivity index (χ1n) is 9.76. The molecule has 30 heavy (non-hydrogen) atoms. The van der Waals surface area contributed by atoms with Gasteiger partial charge in [0, 0.05) is 5.13 Å². The van der Waals surface area contributed by atoms with E-state index in [1.54, 1.807) is 17.3 Å². The van der Waals surface area contributed by atoms with Crippen LogP contribution in [0.3, 0.4) is 0 Å². The van der Waals surface area contributed by atoms with Gasteiger partial charge in [-0.15, -0.1) is 0 Å². The summed E-state index contributed by atoms with van der Waals surface area (Å²) < 4.78 is 27.3. The van der Waals surface area contributed by atoms with Crippen molar-refractivity contribution in [2.45, 2.75) is 11.8 Å². The summed E-state index contributed by atoms with van der Waals surface area (Å²) >= 11 is 0. The van der Waals surface area contributed by atoms with Crippen LogP contribution >= 0.6 is 6.89 Å². The lowest BCUT2D eigenvalue weighted by Crippen LogP contribution is -2.28. The monoisotopic (exact) mass is 430 g/mol. The van der Waals surface area contributed by atoms with Gasteiger partial charge in [0.15, 0.2) is 0 Å². The van der Waals surface area contributed by atoms with Gasteiger partial charge in [0.05, 0.1) is 4.90 Å². The summed E-state index contributed by atoms with van der Waals surface area (Å²) in [4.78, 5) is 0.320. The van der Waals surface area contributed by atoms with E-state index in [0.29, 0.717) is 4.90 Å². The van der Waals surface area contributed by atoms with E-state index in [2.05, 4.69) is 0 Å². The van der Waals surface area contributed by atoms with Gasteiger partial charge in [-0.25, -0.2) is 8.42 Å². The zero-order valence-corrected chi connectivity index (χ0v) is 18.4. The maximum Gasteiger partial charge on any atom is 0.200 e. The van der Waals surface area contributed by atoms with Crippen molar-refractivity contribution < 1.29 is 8.42 Å². The molecular weight excluding hydrogens is 407 g/mol. The minimum absolute atomic E-state index is 0.320. The van der Waals surface area contributed by atoms with Crippen LogP contribution < -0.4 is 15.9 Å². The van der Waals surface area contributed by atoms with E-state index in [4.69, 9.17) is 0 Å². The molecule has 2 nitrogen and oxygen atoms in total. The summed E-state index contributed by atoms with van der Waals surface area (Å²) in [6.45, 7) is -0.611. The molecule has 0 aliphatic heterocycles. The Morgan fingerprint density at radius 3 is 1.30 bits per heavy atom. The average Bonchev–Trinajstić information content (AvgIpc) is 2.79. The molecular formula is C26H23O2PS. The van der Waals surface area contributed by atoms with Crippen molar-refractivity contribution in [3.63, 3.8) is 0 Å². The predicted octanol–water partition coefficient (Wildman–Crippen LogP) is 4.52. The second-order valence-electron chi connectivity index (χ2n) is 7.19. The van der Waals surface area contributed by atoms with Crippen molar-refractivity contribution in [1.29, 1.82) is 0 Å². The Hall–Kier alpha value is -2.87. The molecule has 0 heterocycles. The van der Waals surface area contributed by atoms with E-state index in [1.807, 2.05) is 110 Å². The Balaban J connectivity index is 2.13.